The average molecular weight is 336 g/mol. The summed E-state index contributed by atoms with van der Waals surface area (Å²) < 4.78 is 9.38. The van der Waals surface area contributed by atoms with Gasteiger partial charge in [-0.1, -0.05) is 18.2 Å². The normalized spacial score (nSPS) is 16.1. The lowest BCUT2D eigenvalue weighted by Gasteiger charge is -2.25. The quantitative estimate of drug-likeness (QED) is 0.794. The van der Waals surface area contributed by atoms with Crippen molar-refractivity contribution in [1.29, 1.82) is 0 Å². The molecule has 0 fully saturated rings. The summed E-state index contributed by atoms with van der Waals surface area (Å²) in [5.74, 6) is 1.86. The number of nitrogens with zero attached hydrogens (tertiary/aromatic N) is 3. The highest BCUT2D eigenvalue weighted by molar-refractivity contribution is 5.97. The average Bonchev–Trinajstić information content (AvgIpc) is 3.28. The number of hydrogen-bond acceptors (Lipinski definition) is 3. The van der Waals surface area contributed by atoms with Crippen LogP contribution in [0.1, 0.15) is 15.9 Å². The van der Waals surface area contributed by atoms with Crippen LogP contribution in [-0.2, 0) is 13.5 Å². The molecule has 1 aromatic carbocycles. The van der Waals surface area contributed by atoms with Crippen LogP contribution in [0.2, 0.25) is 0 Å². The van der Waals surface area contributed by atoms with E-state index in [1.807, 2.05) is 54.3 Å². The fraction of sp³-hybridized carbons (Fsp3) is 0.263. The molecule has 3 heterocycles. The van der Waals surface area contributed by atoms with Crippen LogP contribution in [0.3, 0.4) is 0 Å². The van der Waals surface area contributed by atoms with Crippen molar-refractivity contribution in [2.45, 2.75) is 6.42 Å². The molecule has 2 aromatic heterocycles. The Balaban J connectivity index is 1.44. The van der Waals surface area contributed by atoms with Gasteiger partial charge in [-0.05, 0) is 30.2 Å². The molecule has 1 aliphatic rings. The second kappa shape index (κ2) is 6.47. The minimum Gasteiger partial charge on any atom is -0.493 e. The topological polar surface area (TPSA) is 61.1 Å². The van der Waals surface area contributed by atoms with Crippen LogP contribution in [0.25, 0.3) is 5.82 Å². The van der Waals surface area contributed by atoms with Crippen LogP contribution >= 0.6 is 0 Å². The number of benzene rings is 1. The van der Waals surface area contributed by atoms with Crippen molar-refractivity contribution < 1.29 is 9.53 Å². The first-order valence-electron chi connectivity index (χ1n) is 8.36. The largest absolute Gasteiger partial charge is 0.493 e. The van der Waals surface area contributed by atoms with E-state index in [4.69, 9.17) is 4.74 Å². The summed E-state index contributed by atoms with van der Waals surface area (Å²) in [5.41, 5.74) is 1.76. The summed E-state index contributed by atoms with van der Waals surface area (Å²) in [7, 11) is 1.83. The molecule has 1 atom stereocenters. The number of rotatable bonds is 4. The van der Waals surface area contributed by atoms with E-state index in [-0.39, 0.29) is 11.8 Å². The minimum absolute atomic E-state index is 0.115. The molecule has 1 amide bonds. The molecule has 0 aliphatic carbocycles. The zero-order chi connectivity index (χ0) is 17.2. The molecule has 1 N–H and O–H groups in total. The standard InChI is InChI=1S/C19H20N4O2/c1-22-19(23-8-4-5-9-23)16(12-21-22)18(24)20-11-14-10-15-6-2-3-7-17(15)25-13-14/h2-9,12,14H,10-11,13H2,1H3,(H,20,24). The first-order chi connectivity index (χ1) is 12.2. The Morgan fingerprint density at radius 1 is 1.28 bits per heavy atom. The number of aryl methyl sites for hydroxylation is 1. The van der Waals surface area contributed by atoms with Gasteiger partial charge < -0.3 is 14.6 Å². The van der Waals surface area contributed by atoms with Crippen LogP contribution in [0, 0.1) is 5.92 Å². The third-order valence-corrected chi connectivity index (χ3v) is 4.51. The molecule has 0 saturated heterocycles. The summed E-state index contributed by atoms with van der Waals surface area (Å²) in [5, 5.41) is 7.26. The van der Waals surface area contributed by atoms with Gasteiger partial charge in [0, 0.05) is 31.9 Å². The number of carbonyl (C=O) groups is 1. The number of hydrogen-bond donors (Lipinski definition) is 1. The van der Waals surface area contributed by atoms with E-state index in [0.29, 0.717) is 18.7 Å². The molecule has 6 heteroatoms. The molecule has 1 aliphatic heterocycles. The van der Waals surface area contributed by atoms with E-state index < -0.39 is 0 Å². The number of ether oxygens (including phenoxy) is 1. The van der Waals surface area contributed by atoms with Crippen LogP contribution < -0.4 is 10.1 Å². The van der Waals surface area contributed by atoms with Gasteiger partial charge >= 0.3 is 0 Å². The molecule has 3 aromatic rings. The number of fused-ring (bicyclic) bond motifs is 1. The number of carbonyl (C=O) groups excluding carboxylic acids is 1. The van der Waals surface area contributed by atoms with E-state index in [0.717, 1.165) is 18.0 Å². The summed E-state index contributed by atoms with van der Waals surface area (Å²) in [6.07, 6.45) is 6.32. The number of amides is 1. The van der Waals surface area contributed by atoms with E-state index in [1.165, 1.54) is 5.56 Å². The van der Waals surface area contributed by atoms with Gasteiger partial charge in [-0.25, -0.2) is 0 Å². The highest BCUT2D eigenvalue weighted by Gasteiger charge is 2.22. The van der Waals surface area contributed by atoms with Crippen molar-refractivity contribution in [3.8, 4) is 11.6 Å². The van der Waals surface area contributed by atoms with Crippen molar-refractivity contribution in [3.05, 3.63) is 66.1 Å². The number of aromatic nitrogens is 3. The Hall–Kier alpha value is -3.02. The third-order valence-electron chi connectivity index (χ3n) is 4.51. The maximum absolute atomic E-state index is 12.6. The van der Waals surface area contributed by atoms with E-state index in [1.54, 1.807) is 10.9 Å². The Morgan fingerprint density at radius 3 is 2.92 bits per heavy atom. The lowest BCUT2D eigenvalue weighted by molar-refractivity contribution is 0.0939. The van der Waals surface area contributed by atoms with E-state index >= 15 is 0 Å². The molecule has 6 nitrogen and oxygen atoms in total. The van der Waals surface area contributed by atoms with Gasteiger partial charge in [0.1, 0.15) is 17.1 Å². The Bertz CT molecular complexity index is 883. The van der Waals surface area contributed by atoms with Gasteiger partial charge in [0.15, 0.2) is 0 Å². The number of para-hydroxylation sites is 1. The van der Waals surface area contributed by atoms with Gasteiger partial charge in [0.25, 0.3) is 5.91 Å². The summed E-state index contributed by atoms with van der Waals surface area (Å²) >= 11 is 0. The molecule has 0 radical (unpaired) electrons. The second-order valence-corrected chi connectivity index (χ2v) is 6.29. The Kier molecular flexibility index (Phi) is 4.01. The SMILES string of the molecule is Cn1ncc(C(=O)NCC2COc3ccccc3C2)c1-n1cccc1. The smallest absolute Gasteiger partial charge is 0.256 e. The monoisotopic (exact) mass is 336 g/mol. The first-order valence-corrected chi connectivity index (χ1v) is 8.36. The van der Waals surface area contributed by atoms with Gasteiger partial charge in [0.05, 0.1) is 12.8 Å². The van der Waals surface area contributed by atoms with Gasteiger partial charge in [-0.2, -0.15) is 5.10 Å². The summed E-state index contributed by atoms with van der Waals surface area (Å²) in [4.78, 5) is 12.6. The molecule has 128 valence electrons. The van der Waals surface area contributed by atoms with Crippen molar-refractivity contribution in [3.63, 3.8) is 0 Å². The fourth-order valence-corrected chi connectivity index (χ4v) is 3.23. The lowest BCUT2D eigenvalue weighted by Crippen LogP contribution is -2.35. The zero-order valence-corrected chi connectivity index (χ0v) is 14.1. The third kappa shape index (κ3) is 3.03. The molecular weight excluding hydrogens is 316 g/mol. The predicted molar refractivity (Wildman–Crippen MR) is 94.0 cm³/mol. The summed E-state index contributed by atoms with van der Waals surface area (Å²) in [6, 6.07) is 11.9. The first kappa shape index (κ1) is 15.5. The Morgan fingerprint density at radius 2 is 2.08 bits per heavy atom. The van der Waals surface area contributed by atoms with E-state index in [2.05, 4.69) is 16.5 Å². The highest BCUT2D eigenvalue weighted by atomic mass is 16.5. The summed E-state index contributed by atoms with van der Waals surface area (Å²) in [6.45, 7) is 1.20. The molecular formula is C19H20N4O2. The molecule has 4 rings (SSSR count). The number of nitrogens with one attached hydrogen (secondary N) is 1. The van der Waals surface area contributed by atoms with Gasteiger partial charge in [0.2, 0.25) is 0 Å². The predicted octanol–water partition coefficient (Wildman–Crippen LogP) is 2.19. The molecule has 1 unspecified atom stereocenters. The molecule has 0 spiro atoms. The van der Waals surface area contributed by atoms with Crippen molar-refractivity contribution in [2.75, 3.05) is 13.2 Å². The van der Waals surface area contributed by atoms with Gasteiger partial charge in [-0.15, -0.1) is 0 Å². The lowest BCUT2D eigenvalue weighted by atomic mass is 9.97. The van der Waals surface area contributed by atoms with E-state index in [9.17, 15) is 4.79 Å². The van der Waals surface area contributed by atoms with Crippen LogP contribution in [0.5, 0.6) is 5.75 Å². The second-order valence-electron chi connectivity index (χ2n) is 6.29. The van der Waals surface area contributed by atoms with Crippen LogP contribution in [-0.4, -0.2) is 33.4 Å². The van der Waals surface area contributed by atoms with Gasteiger partial charge in [-0.3, -0.25) is 9.48 Å². The van der Waals surface area contributed by atoms with Crippen molar-refractivity contribution >= 4 is 5.91 Å². The van der Waals surface area contributed by atoms with Crippen molar-refractivity contribution in [2.24, 2.45) is 13.0 Å². The zero-order valence-electron chi connectivity index (χ0n) is 14.1. The maximum Gasteiger partial charge on any atom is 0.256 e. The van der Waals surface area contributed by atoms with Crippen LogP contribution in [0.4, 0.5) is 0 Å². The van der Waals surface area contributed by atoms with Crippen molar-refractivity contribution in [1.82, 2.24) is 19.7 Å². The minimum atomic E-state index is -0.115. The fourth-order valence-electron chi connectivity index (χ4n) is 3.23. The maximum atomic E-state index is 12.6. The Labute approximate surface area is 146 Å². The molecule has 25 heavy (non-hydrogen) atoms. The molecule has 0 bridgehead atoms. The van der Waals surface area contributed by atoms with Crippen LogP contribution in [0.15, 0.2) is 55.0 Å². The highest BCUT2D eigenvalue weighted by Crippen LogP contribution is 2.26. The molecule has 0 saturated carbocycles.